The van der Waals surface area contributed by atoms with Crippen LogP contribution in [0.25, 0.3) is 0 Å². The smallest absolute Gasteiger partial charge is 0.305 e. The Bertz CT molecular complexity index is 520. The van der Waals surface area contributed by atoms with Crippen molar-refractivity contribution in [3.63, 3.8) is 0 Å². The van der Waals surface area contributed by atoms with Gasteiger partial charge in [-0.1, -0.05) is 0 Å². The molecule has 0 aliphatic carbocycles. The van der Waals surface area contributed by atoms with E-state index >= 15 is 0 Å². The minimum atomic E-state index is -0.975. The Morgan fingerprint density at radius 2 is 1.91 bits per heavy atom. The predicted octanol–water partition coefficient (Wildman–Crippen LogP) is 2.17. The zero-order valence-electron chi connectivity index (χ0n) is 13.6. The number of hydrogen-bond donors (Lipinski definition) is 2. The summed E-state index contributed by atoms with van der Waals surface area (Å²) < 4.78 is 10.1. The number of hydrogen-bond acceptors (Lipinski definition) is 5. The maximum atomic E-state index is 12.0. The number of aliphatic carboxylic acids is 1. The molecule has 0 bridgehead atoms. The van der Waals surface area contributed by atoms with E-state index < -0.39 is 11.5 Å². The molecule has 1 amide bonds. The van der Waals surface area contributed by atoms with E-state index in [1.807, 2.05) is 24.3 Å². The van der Waals surface area contributed by atoms with Gasteiger partial charge in [0.1, 0.15) is 5.75 Å². The van der Waals surface area contributed by atoms with Crippen molar-refractivity contribution in [2.75, 3.05) is 26.6 Å². The van der Waals surface area contributed by atoms with E-state index in [1.165, 1.54) is 7.11 Å². The molecule has 0 aliphatic heterocycles. The number of methoxy groups -OCH3 is 2. The zero-order chi connectivity index (χ0) is 17.3. The lowest BCUT2D eigenvalue weighted by Gasteiger charge is -2.28. The average Bonchev–Trinajstić information content (AvgIpc) is 2.47. The number of carbonyl (C=O) groups excluding carboxylic acids is 1. The van der Waals surface area contributed by atoms with Gasteiger partial charge in [-0.15, -0.1) is 11.8 Å². The molecular formula is C16H23NO5S. The molecule has 0 fully saturated rings. The van der Waals surface area contributed by atoms with Gasteiger partial charge in [-0.3, -0.25) is 9.59 Å². The second-order valence-corrected chi connectivity index (χ2v) is 6.55. The van der Waals surface area contributed by atoms with Crippen LogP contribution in [0.5, 0.6) is 5.75 Å². The van der Waals surface area contributed by atoms with E-state index in [1.54, 1.807) is 25.8 Å². The van der Waals surface area contributed by atoms with E-state index in [0.717, 1.165) is 10.6 Å². The van der Waals surface area contributed by atoms with Crippen LogP contribution in [0.1, 0.15) is 19.8 Å². The molecule has 2 N–H and O–H groups in total. The second-order valence-electron chi connectivity index (χ2n) is 5.39. The number of ether oxygens (including phenoxy) is 2. The molecule has 0 heterocycles. The molecule has 128 valence electrons. The molecular weight excluding hydrogens is 318 g/mol. The van der Waals surface area contributed by atoms with Gasteiger partial charge < -0.3 is 19.9 Å². The number of rotatable bonds is 10. The van der Waals surface area contributed by atoms with Crippen LogP contribution in [0.3, 0.4) is 0 Å². The lowest BCUT2D eigenvalue weighted by atomic mass is 9.99. The van der Waals surface area contributed by atoms with Crippen molar-refractivity contribution >= 4 is 23.6 Å². The third kappa shape index (κ3) is 7.38. The van der Waals surface area contributed by atoms with Crippen LogP contribution in [0.15, 0.2) is 29.2 Å². The maximum absolute atomic E-state index is 12.0. The minimum Gasteiger partial charge on any atom is -0.497 e. The lowest BCUT2D eigenvalue weighted by Crippen LogP contribution is -2.50. The first kappa shape index (κ1) is 19.3. The van der Waals surface area contributed by atoms with Crippen molar-refractivity contribution in [2.24, 2.45) is 0 Å². The maximum Gasteiger partial charge on any atom is 0.305 e. The van der Waals surface area contributed by atoms with Gasteiger partial charge in [-0.2, -0.15) is 0 Å². The summed E-state index contributed by atoms with van der Waals surface area (Å²) in [5.74, 6) is 0.231. The molecule has 0 aliphatic rings. The van der Waals surface area contributed by atoms with Crippen LogP contribution < -0.4 is 10.1 Å². The number of thioether (sulfide) groups is 1. The van der Waals surface area contributed by atoms with Gasteiger partial charge in [0.2, 0.25) is 5.91 Å². The minimum absolute atomic E-state index is 0.149. The molecule has 1 aromatic rings. The first-order valence-corrected chi connectivity index (χ1v) is 8.16. The van der Waals surface area contributed by atoms with E-state index in [4.69, 9.17) is 14.6 Å². The van der Waals surface area contributed by atoms with E-state index in [-0.39, 0.29) is 18.9 Å². The molecule has 1 unspecified atom stereocenters. The Labute approximate surface area is 140 Å². The summed E-state index contributed by atoms with van der Waals surface area (Å²) in [6, 6.07) is 7.59. The van der Waals surface area contributed by atoms with Crippen LogP contribution in [0, 0.1) is 0 Å². The van der Waals surface area contributed by atoms with Gasteiger partial charge in [0.05, 0.1) is 25.7 Å². The largest absolute Gasteiger partial charge is 0.497 e. The molecule has 0 spiro atoms. The van der Waals surface area contributed by atoms with Gasteiger partial charge in [0.25, 0.3) is 0 Å². The zero-order valence-corrected chi connectivity index (χ0v) is 14.4. The van der Waals surface area contributed by atoms with Crippen molar-refractivity contribution in [1.82, 2.24) is 5.32 Å². The van der Waals surface area contributed by atoms with E-state index in [9.17, 15) is 9.59 Å². The Hall–Kier alpha value is -1.73. The third-order valence-corrected chi connectivity index (χ3v) is 4.12. The van der Waals surface area contributed by atoms with Gasteiger partial charge in [0.15, 0.2) is 0 Å². The van der Waals surface area contributed by atoms with Crippen LogP contribution in [-0.2, 0) is 14.3 Å². The Morgan fingerprint density at radius 3 is 2.43 bits per heavy atom. The number of carbonyl (C=O) groups is 2. The Morgan fingerprint density at radius 1 is 1.26 bits per heavy atom. The monoisotopic (exact) mass is 341 g/mol. The first-order chi connectivity index (χ1) is 10.9. The van der Waals surface area contributed by atoms with Crippen LogP contribution in [-0.4, -0.2) is 49.1 Å². The number of amides is 1. The summed E-state index contributed by atoms with van der Waals surface area (Å²) in [5.41, 5.74) is -0.900. The molecule has 6 nitrogen and oxygen atoms in total. The fourth-order valence-electron chi connectivity index (χ4n) is 2.12. The third-order valence-electron chi connectivity index (χ3n) is 3.10. The van der Waals surface area contributed by atoms with Crippen molar-refractivity contribution in [3.8, 4) is 5.75 Å². The number of carboxylic acid groups (broad SMARTS) is 1. The molecule has 1 rings (SSSR count). The van der Waals surface area contributed by atoms with Crippen molar-refractivity contribution < 1.29 is 24.2 Å². The highest BCUT2D eigenvalue weighted by atomic mass is 32.2. The van der Waals surface area contributed by atoms with Crippen molar-refractivity contribution in [1.29, 1.82) is 0 Å². The van der Waals surface area contributed by atoms with Crippen molar-refractivity contribution in [2.45, 2.75) is 30.2 Å². The summed E-state index contributed by atoms with van der Waals surface area (Å²) in [6.45, 7) is 1.82. The standard InChI is InChI=1S/C16H23NO5S/c1-16(11-21-2,10-15(19)20)17-14(18)8-9-23-13-6-4-12(22-3)5-7-13/h4-7H,8-11H2,1-3H3,(H,17,18)(H,19,20). The van der Waals surface area contributed by atoms with Crippen LogP contribution in [0.4, 0.5) is 0 Å². The second kappa shape index (κ2) is 9.42. The number of carboxylic acids is 1. The Balaban J connectivity index is 2.43. The summed E-state index contributed by atoms with van der Waals surface area (Å²) in [6.07, 6.45) is 0.119. The van der Waals surface area contributed by atoms with Crippen LogP contribution in [0.2, 0.25) is 0 Å². The molecule has 0 saturated carbocycles. The molecule has 0 radical (unpaired) electrons. The van der Waals surface area contributed by atoms with E-state index in [0.29, 0.717) is 12.2 Å². The molecule has 23 heavy (non-hydrogen) atoms. The highest BCUT2D eigenvalue weighted by Crippen LogP contribution is 2.22. The van der Waals surface area contributed by atoms with Gasteiger partial charge in [-0.25, -0.2) is 0 Å². The predicted molar refractivity (Wildman–Crippen MR) is 89.0 cm³/mol. The van der Waals surface area contributed by atoms with Gasteiger partial charge in [-0.05, 0) is 31.2 Å². The number of benzene rings is 1. The topological polar surface area (TPSA) is 84.9 Å². The van der Waals surface area contributed by atoms with Crippen LogP contribution >= 0.6 is 11.8 Å². The lowest BCUT2D eigenvalue weighted by molar-refractivity contribution is -0.139. The SMILES string of the molecule is COCC(C)(CC(=O)O)NC(=O)CCSc1ccc(OC)cc1. The molecule has 7 heteroatoms. The highest BCUT2D eigenvalue weighted by molar-refractivity contribution is 7.99. The molecule has 0 aromatic heterocycles. The molecule has 0 saturated heterocycles. The summed E-state index contributed by atoms with van der Waals surface area (Å²) in [5, 5.41) is 11.7. The fraction of sp³-hybridized carbons (Fsp3) is 0.500. The van der Waals surface area contributed by atoms with E-state index in [2.05, 4.69) is 5.32 Å². The van der Waals surface area contributed by atoms with Gasteiger partial charge >= 0.3 is 5.97 Å². The quantitative estimate of drug-likeness (QED) is 0.635. The summed E-state index contributed by atoms with van der Waals surface area (Å²) in [7, 11) is 3.09. The highest BCUT2D eigenvalue weighted by Gasteiger charge is 2.29. The molecule has 1 atom stereocenters. The normalized spacial score (nSPS) is 13.2. The number of nitrogens with one attached hydrogen (secondary N) is 1. The molecule has 1 aromatic carbocycles. The summed E-state index contributed by atoms with van der Waals surface area (Å²) in [4.78, 5) is 24.0. The first-order valence-electron chi connectivity index (χ1n) is 7.17. The Kier molecular flexibility index (Phi) is 7.91. The summed E-state index contributed by atoms with van der Waals surface area (Å²) >= 11 is 1.56. The fourth-order valence-corrected chi connectivity index (χ4v) is 2.97. The van der Waals surface area contributed by atoms with Crippen molar-refractivity contribution in [3.05, 3.63) is 24.3 Å². The van der Waals surface area contributed by atoms with Gasteiger partial charge in [0, 0.05) is 24.2 Å². The average molecular weight is 341 g/mol.